The van der Waals surface area contributed by atoms with Crippen molar-refractivity contribution in [2.45, 2.75) is 24.7 Å². The van der Waals surface area contributed by atoms with Crippen LogP contribution in [0.1, 0.15) is 13.3 Å². The predicted molar refractivity (Wildman–Crippen MR) is 42.7 cm³/mol. The van der Waals surface area contributed by atoms with Gasteiger partial charge < -0.3 is 5.73 Å². The van der Waals surface area contributed by atoms with Crippen molar-refractivity contribution in [1.82, 2.24) is 0 Å². The van der Waals surface area contributed by atoms with E-state index in [0.29, 0.717) is 6.42 Å². The van der Waals surface area contributed by atoms with Gasteiger partial charge in [-0.05, 0) is 13.3 Å². The highest BCUT2D eigenvalue weighted by atomic mass is 15.2. The fourth-order valence-corrected chi connectivity index (χ4v) is 0.477. The van der Waals surface area contributed by atoms with Crippen molar-refractivity contribution in [3.8, 4) is 0 Å². The Morgan fingerprint density at radius 2 is 1.70 bits per heavy atom. The van der Waals surface area contributed by atoms with Gasteiger partial charge in [-0.15, -0.1) is 6.58 Å². The van der Waals surface area contributed by atoms with E-state index in [1.54, 1.807) is 13.0 Å². The van der Waals surface area contributed by atoms with E-state index in [2.05, 4.69) is 6.58 Å². The molecular weight excluding hydrogens is 128 g/mol. The minimum Gasteiger partial charge on any atom is -0.321 e. The number of nitrogens with two attached hydrogens (primary N) is 4. The van der Waals surface area contributed by atoms with Gasteiger partial charge in [0.1, 0.15) is 5.79 Å². The first-order chi connectivity index (χ1) is 4.31. The van der Waals surface area contributed by atoms with Crippen LogP contribution in [0.15, 0.2) is 12.7 Å². The average Bonchev–Trinajstić information content (AvgIpc) is 1.61. The Morgan fingerprint density at radius 1 is 1.30 bits per heavy atom. The van der Waals surface area contributed by atoms with E-state index in [-0.39, 0.29) is 0 Å². The van der Waals surface area contributed by atoms with E-state index >= 15 is 0 Å². The molecule has 0 rings (SSSR count). The maximum atomic E-state index is 5.66. The fourth-order valence-electron chi connectivity index (χ4n) is 0.477. The Bertz CT molecular complexity index is 122. The van der Waals surface area contributed by atoms with Crippen molar-refractivity contribution in [1.29, 1.82) is 0 Å². The van der Waals surface area contributed by atoms with E-state index < -0.39 is 11.3 Å². The summed E-state index contributed by atoms with van der Waals surface area (Å²) in [4.78, 5) is 0. The highest BCUT2D eigenvalue weighted by Crippen LogP contribution is 2.11. The van der Waals surface area contributed by atoms with Crippen molar-refractivity contribution >= 4 is 0 Å². The summed E-state index contributed by atoms with van der Waals surface area (Å²) in [6, 6.07) is 0. The molecule has 0 aliphatic carbocycles. The molecule has 0 aromatic heterocycles. The van der Waals surface area contributed by atoms with E-state index in [0.717, 1.165) is 0 Å². The second kappa shape index (κ2) is 2.67. The lowest BCUT2D eigenvalue weighted by Crippen LogP contribution is -2.75. The molecule has 0 fully saturated rings. The van der Waals surface area contributed by atoms with Crippen LogP contribution in [-0.4, -0.2) is 11.3 Å². The molecule has 1 unspecified atom stereocenters. The lowest BCUT2D eigenvalue weighted by molar-refractivity contribution is 0.255. The quantitative estimate of drug-likeness (QED) is 0.295. The molecule has 4 nitrogen and oxygen atoms in total. The van der Waals surface area contributed by atoms with Crippen LogP contribution in [0, 0.1) is 0 Å². The highest BCUT2D eigenvalue weighted by Gasteiger charge is 2.34. The third kappa shape index (κ3) is 2.07. The normalized spacial score (nSPS) is 18.1. The molecule has 8 N–H and O–H groups in total. The topological polar surface area (TPSA) is 104 Å². The smallest absolute Gasteiger partial charge is 0.134 e. The van der Waals surface area contributed by atoms with Crippen molar-refractivity contribution < 1.29 is 0 Å². The molecule has 0 saturated carbocycles. The zero-order valence-electron chi connectivity index (χ0n) is 6.30. The molecule has 0 amide bonds. The summed E-state index contributed by atoms with van der Waals surface area (Å²) >= 11 is 0. The lowest BCUT2D eigenvalue weighted by atomic mass is 9.92. The molecule has 0 saturated heterocycles. The first kappa shape index (κ1) is 9.58. The van der Waals surface area contributed by atoms with Gasteiger partial charge in [0.25, 0.3) is 0 Å². The summed E-state index contributed by atoms with van der Waals surface area (Å²) in [5.41, 5.74) is 21.0. The molecule has 0 radical (unpaired) electrons. The van der Waals surface area contributed by atoms with Crippen molar-refractivity contribution in [2.24, 2.45) is 22.9 Å². The molecule has 0 aromatic carbocycles. The number of rotatable bonds is 3. The third-order valence-corrected chi connectivity index (χ3v) is 1.56. The van der Waals surface area contributed by atoms with E-state index in [1.165, 1.54) is 0 Å². The number of hydrogen-bond donors (Lipinski definition) is 4. The maximum Gasteiger partial charge on any atom is 0.134 e. The van der Waals surface area contributed by atoms with Gasteiger partial charge >= 0.3 is 0 Å². The minimum absolute atomic E-state index is 0.497. The van der Waals surface area contributed by atoms with Gasteiger partial charge in [0, 0.05) is 0 Å². The van der Waals surface area contributed by atoms with Crippen LogP contribution >= 0.6 is 0 Å². The summed E-state index contributed by atoms with van der Waals surface area (Å²) in [5.74, 6) is -1.35. The van der Waals surface area contributed by atoms with Gasteiger partial charge in [-0.2, -0.15) is 0 Å². The van der Waals surface area contributed by atoms with Crippen LogP contribution in [0.3, 0.4) is 0 Å². The first-order valence-electron chi connectivity index (χ1n) is 3.07. The Labute approximate surface area is 61.2 Å². The summed E-state index contributed by atoms with van der Waals surface area (Å²) < 4.78 is 0. The molecule has 4 heteroatoms. The van der Waals surface area contributed by atoms with Crippen LogP contribution in [0.2, 0.25) is 0 Å². The second-order valence-corrected chi connectivity index (χ2v) is 2.84. The zero-order valence-corrected chi connectivity index (χ0v) is 6.30. The summed E-state index contributed by atoms with van der Waals surface area (Å²) in [6.07, 6.45) is 2.14. The van der Waals surface area contributed by atoms with E-state index in [1.807, 2.05) is 0 Å². The molecule has 0 bridgehead atoms. The summed E-state index contributed by atoms with van der Waals surface area (Å²) in [7, 11) is 0. The Balaban J connectivity index is 4.23. The molecular formula is C6H16N4. The molecule has 10 heavy (non-hydrogen) atoms. The van der Waals surface area contributed by atoms with Gasteiger partial charge in [0.2, 0.25) is 0 Å². The Kier molecular flexibility index (Phi) is 2.56. The molecule has 0 aliphatic heterocycles. The fraction of sp³-hybridized carbons (Fsp3) is 0.667. The van der Waals surface area contributed by atoms with E-state index in [4.69, 9.17) is 22.9 Å². The average molecular weight is 144 g/mol. The van der Waals surface area contributed by atoms with Crippen LogP contribution in [0.5, 0.6) is 0 Å². The molecule has 0 aliphatic rings. The molecule has 0 aromatic rings. The zero-order chi connectivity index (χ0) is 8.41. The van der Waals surface area contributed by atoms with Crippen molar-refractivity contribution in [2.75, 3.05) is 0 Å². The monoisotopic (exact) mass is 144 g/mol. The van der Waals surface area contributed by atoms with Crippen LogP contribution in [0.4, 0.5) is 0 Å². The second-order valence-electron chi connectivity index (χ2n) is 2.84. The van der Waals surface area contributed by atoms with Gasteiger partial charge in [0.15, 0.2) is 0 Å². The third-order valence-electron chi connectivity index (χ3n) is 1.56. The largest absolute Gasteiger partial charge is 0.321 e. The van der Waals surface area contributed by atoms with Crippen LogP contribution < -0.4 is 22.9 Å². The van der Waals surface area contributed by atoms with Gasteiger partial charge in [-0.1, -0.05) is 6.08 Å². The first-order valence-corrected chi connectivity index (χ1v) is 3.07. The highest BCUT2D eigenvalue weighted by molar-refractivity contribution is 4.99. The van der Waals surface area contributed by atoms with Gasteiger partial charge in [-0.25, -0.2) is 0 Å². The van der Waals surface area contributed by atoms with Crippen molar-refractivity contribution in [3.05, 3.63) is 12.7 Å². The standard InChI is InChI=1S/C6H16N4/c1-3-4-5(2,7)6(8,9)10/h3H,1,4,7-10H2,2H3. The molecule has 0 spiro atoms. The molecule has 1 atom stereocenters. The molecule has 0 heterocycles. The SMILES string of the molecule is C=CCC(C)(N)C(N)(N)N. The summed E-state index contributed by atoms with van der Waals surface area (Å²) in [5, 5.41) is 0. The predicted octanol–water partition coefficient (Wildman–Crippen LogP) is -1.19. The van der Waals surface area contributed by atoms with E-state index in [9.17, 15) is 0 Å². The lowest BCUT2D eigenvalue weighted by Gasteiger charge is -2.36. The van der Waals surface area contributed by atoms with Gasteiger partial charge in [-0.3, -0.25) is 17.2 Å². The molecule has 60 valence electrons. The van der Waals surface area contributed by atoms with Crippen molar-refractivity contribution in [3.63, 3.8) is 0 Å². The Morgan fingerprint density at radius 3 is 1.80 bits per heavy atom. The summed E-state index contributed by atoms with van der Waals surface area (Å²) in [6.45, 7) is 5.20. The minimum atomic E-state index is -1.35. The maximum absolute atomic E-state index is 5.66. The van der Waals surface area contributed by atoms with Crippen LogP contribution in [-0.2, 0) is 0 Å². The number of hydrogen-bond acceptors (Lipinski definition) is 4. The van der Waals surface area contributed by atoms with Gasteiger partial charge in [0.05, 0.1) is 5.54 Å². The van der Waals surface area contributed by atoms with Crippen LogP contribution in [0.25, 0.3) is 0 Å². The Hall–Kier alpha value is -0.420.